The van der Waals surface area contributed by atoms with Crippen LogP contribution < -0.4 is 0 Å². The molecule has 0 fully saturated rings. The molecule has 51 heavy (non-hydrogen) atoms. The summed E-state index contributed by atoms with van der Waals surface area (Å²) in [5.41, 5.74) is 14.9. The molecule has 0 spiro atoms. The van der Waals surface area contributed by atoms with E-state index in [9.17, 15) is 0 Å². The van der Waals surface area contributed by atoms with Crippen molar-refractivity contribution in [2.45, 2.75) is 12.8 Å². The third-order valence-electron chi connectivity index (χ3n) is 10.9. The molecule has 240 valence electrons. The molecule has 1 aliphatic rings. The predicted molar refractivity (Wildman–Crippen MR) is 215 cm³/mol. The zero-order valence-corrected chi connectivity index (χ0v) is 28.0. The van der Waals surface area contributed by atoms with E-state index in [1.54, 1.807) is 0 Å². The molecule has 0 saturated heterocycles. The second-order valence-electron chi connectivity index (χ2n) is 13.7. The van der Waals surface area contributed by atoms with Crippen molar-refractivity contribution in [1.82, 2.24) is 13.7 Å². The Bertz CT molecular complexity index is 3010. The average molecular weight is 652 g/mol. The maximum absolute atomic E-state index is 2.48. The summed E-state index contributed by atoms with van der Waals surface area (Å²) < 4.78 is 7.25. The van der Waals surface area contributed by atoms with Crippen LogP contribution in [0.25, 0.3) is 88.8 Å². The van der Waals surface area contributed by atoms with E-state index in [-0.39, 0.29) is 0 Å². The van der Waals surface area contributed by atoms with Gasteiger partial charge in [-0.2, -0.15) is 0 Å². The first-order valence-electron chi connectivity index (χ1n) is 17.8. The van der Waals surface area contributed by atoms with Crippen LogP contribution in [0.15, 0.2) is 170 Å². The Morgan fingerprint density at radius 2 is 0.843 bits per heavy atom. The summed E-state index contributed by atoms with van der Waals surface area (Å²) in [5, 5.41) is 6.42. The fourth-order valence-corrected chi connectivity index (χ4v) is 8.66. The van der Waals surface area contributed by atoms with Gasteiger partial charge in [0, 0.05) is 49.7 Å². The van der Waals surface area contributed by atoms with Crippen LogP contribution in [0, 0.1) is 0 Å². The smallest absolute Gasteiger partial charge is 0.0542 e. The van der Waals surface area contributed by atoms with Gasteiger partial charge in [0.15, 0.2) is 0 Å². The standard InChI is InChI=1S/C48H33N3/c1-3-13-34(14-4-1)49-43-20-10-7-17-37(43)40-29-32(23-26-46(40)49)33-24-27-47-41(30-33)38-18-8-12-22-45(38)51(47)36-25-28-48-42(31-36)39-19-9-11-21-44(39)50(48)35-15-5-2-6-16-35/h1-7,9-17,19-31H,8,18H2. The van der Waals surface area contributed by atoms with Gasteiger partial charge in [-0.15, -0.1) is 0 Å². The molecule has 0 amide bonds. The number of nitrogens with zero attached hydrogens (tertiary/aromatic N) is 3. The van der Waals surface area contributed by atoms with E-state index < -0.39 is 0 Å². The lowest BCUT2D eigenvalue weighted by Gasteiger charge is -2.13. The van der Waals surface area contributed by atoms with E-state index in [1.165, 1.54) is 94.0 Å². The monoisotopic (exact) mass is 651 g/mol. The van der Waals surface area contributed by atoms with Gasteiger partial charge in [-0.3, -0.25) is 0 Å². The van der Waals surface area contributed by atoms with Crippen molar-refractivity contribution < 1.29 is 0 Å². The number of allylic oxidation sites excluding steroid dienone is 1. The molecule has 3 heteroatoms. The van der Waals surface area contributed by atoms with Crippen molar-refractivity contribution in [3.05, 3.63) is 181 Å². The highest BCUT2D eigenvalue weighted by Crippen LogP contribution is 2.40. The van der Waals surface area contributed by atoms with Gasteiger partial charge < -0.3 is 13.7 Å². The van der Waals surface area contributed by atoms with Gasteiger partial charge in [0.1, 0.15) is 0 Å². The molecule has 7 aromatic carbocycles. The van der Waals surface area contributed by atoms with Gasteiger partial charge in [0.25, 0.3) is 0 Å². The Labute approximate surface area is 295 Å². The van der Waals surface area contributed by atoms with Gasteiger partial charge in [0.2, 0.25) is 0 Å². The number of aryl methyl sites for hydroxylation is 1. The number of hydrogen-bond donors (Lipinski definition) is 0. The third-order valence-corrected chi connectivity index (χ3v) is 10.9. The van der Waals surface area contributed by atoms with Crippen LogP contribution in [-0.2, 0) is 6.42 Å². The minimum absolute atomic E-state index is 1.04. The summed E-state index contributed by atoms with van der Waals surface area (Å²) in [6, 6.07) is 60.0. The molecule has 1 aliphatic carbocycles. The fourth-order valence-electron chi connectivity index (χ4n) is 8.66. The van der Waals surface area contributed by atoms with Gasteiger partial charge in [-0.25, -0.2) is 0 Å². The van der Waals surface area contributed by atoms with Gasteiger partial charge in [0.05, 0.1) is 27.6 Å². The molecule has 10 aromatic rings. The Kier molecular flexibility index (Phi) is 6.08. The maximum Gasteiger partial charge on any atom is 0.0542 e. The van der Waals surface area contributed by atoms with Crippen molar-refractivity contribution >= 4 is 60.6 Å². The van der Waals surface area contributed by atoms with Gasteiger partial charge >= 0.3 is 0 Å². The van der Waals surface area contributed by atoms with Crippen LogP contribution in [0.5, 0.6) is 0 Å². The van der Waals surface area contributed by atoms with E-state index in [1.807, 2.05) is 0 Å². The highest BCUT2D eigenvalue weighted by Gasteiger charge is 2.21. The molecule has 3 aromatic heterocycles. The zero-order valence-electron chi connectivity index (χ0n) is 28.0. The molecule has 0 radical (unpaired) electrons. The van der Waals surface area contributed by atoms with Gasteiger partial charge in [-0.05, 0) is 114 Å². The predicted octanol–water partition coefficient (Wildman–Crippen LogP) is 12.5. The number of aromatic nitrogens is 3. The van der Waals surface area contributed by atoms with E-state index in [0.29, 0.717) is 0 Å². The van der Waals surface area contributed by atoms with Gasteiger partial charge in [-0.1, -0.05) is 91.0 Å². The number of hydrogen-bond acceptors (Lipinski definition) is 0. The molecular formula is C48H33N3. The van der Waals surface area contributed by atoms with Crippen molar-refractivity contribution in [3.8, 4) is 28.2 Å². The number of benzene rings is 7. The highest BCUT2D eigenvalue weighted by molar-refractivity contribution is 6.11. The summed E-state index contributed by atoms with van der Waals surface area (Å²) in [5.74, 6) is 0. The summed E-state index contributed by atoms with van der Waals surface area (Å²) in [7, 11) is 0. The van der Waals surface area contributed by atoms with E-state index in [0.717, 1.165) is 12.8 Å². The lowest BCUT2D eigenvalue weighted by atomic mass is 9.97. The zero-order chi connectivity index (χ0) is 33.5. The van der Waals surface area contributed by atoms with Crippen LogP contribution in [0.2, 0.25) is 0 Å². The quantitative estimate of drug-likeness (QED) is 0.180. The second kappa shape index (κ2) is 11.0. The highest BCUT2D eigenvalue weighted by atomic mass is 15.0. The minimum atomic E-state index is 1.04. The van der Waals surface area contributed by atoms with Crippen molar-refractivity contribution in [2.24, 2.45) is 0 Å². The van der Waals surface area contributed by atoms with Crippen LogP contribution in [0.1, 0.15) is 17.7 Å². The first kappa shape index (κ1) is 28.3. The van der Waals surface area contributed by atoms with E-state index in [4.69, 9.17) is 0 Å². The molecular weight excluding hydrogens is 619 g/mol. The first-order valence-corrected chi connectivity index (χ1v) is 17.8. The van der Waals surface area contributed by atoms with Crippen molar-refractivity contribution in [2.75, 3.05) is 0 Å². The molecule has 0 aliphatic heterocycles. The number of para-hydroxylation sites is 4. The fraction of sp³-hybridized carbons (Fsp3) is 0.0417. The second-order valence-corrected chi connectivity index (χ2v) is 13.7. The van der Waals surface area contributed by atoms with Crippen LogP contribution in [0.4, 0.5) is 0 Å². The van der Waals surface area contributed by atoms with Crippen LogP contribution >= 0.6 is 0 Å². The SMILES string of the molecule is C1=Cc2c(c3cc(-c4ccc5c(c4)c4ccccc4n5-c4ccccc4)ccc3n2-c2ccc3c(c2)c2ccccc2n3-c2ccccc2)CC1. The third kappa shape index (κ3) is 4.18. The summed E-state index contributed by atoms with van der Waals surface area (Å²) >= 11 is 0. The summed E-state index contributed by atoms with van der Waals surface area (Å²) in [6.45, 7) is 0. The van der Waals surface area contributed by atoms with Crippen LogP contribution in [0.3, 0.4) is 0 Å². The lowest BCUT2D eigenvalue weighted by molar-refractivity contribution is 0.968. The van der Waals surface area contributed by atoms with E-state index >= 15 is 0 Å². The normalized spacial score (nSPS) is 12.9. The van der Waals surface area contributed by atoms with Crippen molar-refractivity contribution in [3.63, 3.8) is 0 Å². The lowest BCUT2D eigenvalue weighted by Crippen LogP contribution is -2.00. The molecule has 3 heterocycles. The molecule has 3 nitrogen and oxygen atoms in total. The number of rotatable bonds is 4. The first-order chi connectivity index (χ1) is 25.3. The van der Waals surface area contributed by atoms with E-state index in [2.05, 4.69) is 190 Å². The molecule has 11 rings (SSSR count). The topological polar surface area (TPSA) is 14.8 Å². The largest absolute Gasteiger partial charge is 0.310 e. The van der Waals surface area contributed by atoms with Crippen LogP contribution in [-0.4, -0.2) is 13.7 Å². The minimum Gasteiger partial charge on any atom is -0.310 e. The molecule has 0 unspecified atom stereocenters. The summed E-state index contributed by atoms with van der Waals surface area (Å²) in [4.78, 5) is 0. The molecule has 0 bridgehead atoms. The summed E-state index contributed by atoms with van der Waals surface area (Å²) in [6.07, 6.45) is 6.76. The molecule has 0 atom stereocenters. The van der Waals surface area contributed by atoms with Crippen molar-refractivity contribution in [1.29, 1.82) is 0 Å². The number of fused-ring (bicyclic) bond motifs is 9. The Balaban J connectivity index is 1.09. The molecule has 0 N–H and O–H groups in total. The Morgan fingerprint density at radius 1 is 0.353 bits per heavy atom. The average Bonchev–Trinajstić information content (AvgIpc) is 3.83. The Morgan fingerprint density at radius 3 is 1.47 bits per heavy atom. The molecule has 0 saturated carbocycles. The maximum atomic E-state index is 2.48. The Hall–Kier alpha value is -6.58.